The zero-order valence-electron chi connectivity index (χ0n) is 14.3. The highest BCUT2D eigenvalue weighted by Crippen LogP contribution is 2.35. The van der Waals surface area contributed by atoms with E-state index in [0.717, 1.165) is 19.5 Å². The Morgan fingerprint density at radius 3 is 2.60 bits per heavy atom. The molecule has 0 atom stereocenters. The van der Waals surface area contributed by atoms with Crippen LogP contribution in [0.3, 0.4) is 0 Å². The zero-order valence-corrected chi connectivity index (χ0v) is 15.1. The molecule has 1 N–H and O–H groups in total. The smallest absolute Gasteiger partial charge is 0.238 e. The summed E-state index contributed by atoms with van der Waals surface area (Å²) in [4.78, 5) is 14.6. The topological polar surface area (TPSA) is 50.8 Å². The van der Waals surface area contributed by atoms with Crippen LogP contribution in [0.25, 0.3) is 0 Å². The molecule has 3 rings (SSSR count). The number of hydrogen-bond donors (Lipinski definition) is 1. The van der Waals surface area contributed by atoms with Crippen LogP contribution >= 0.6 is 11.6 Å². The molecule has 0 saturated carbocycles. The van der Waals surface area contributed by atoms with Gasteiger partial charge in [0.05, 0.1) is 31.5 Å². The van der Waals surface area contributed by atoms with Gasteiger partial charge < -0.3 is 14.8 Å². The SMILES string of the molecule is COc1cc(NC(=O)CN2CCc3ccccc3C2)c(OC)cc1Cl. The summed E-state index contributed by atoms with van der Waals surface area (Å²) in [6, 6.07) is 11.7. The van der Waals surface area contributed by atoms with Crippen molar-refractivity contribution < 1.29 is 14.3 Å². The molecule has 25 heavy (non-hydrogen) atoms. The molecule has 0 unspecified atom stereocenters. The van der Waals surface area contributed by atoms with Crippen LogP contribution in [-0.4, -0.2) is 38.1 Å². The predicted octanol–water partition coefficient (Wildman–Crippen LogP) is 3.35. The van der Waals surface area contributed by atoms with E-state index in [2.05, 4.69) is 28.4 Å². The second-order valence-electron chi connectivity index (χ2n) is 5.96. The maximum Gasteiger partial charge on any atom is 0.238 e. The van der Waals surface area contributed by atoms with E-state index in [1.807, 2.05) is 6.07 Å². The first-order valence-corrected chi connectivity index (χ1v) is 8.49. The van der Waals surface area contributed by atoms with Crippen molar-refractivity contribution in [2.75, 3.05) is 32.6 Å². The first-order valence-electron chi connectivity index (χ1n) is 8.11. The highest BCUT2D eigenvalue weighted by atomic mass is 35.5. The van der Waals surface area contributed by atoms with Gasteiger partial charge in [-0.15, -0.1) is 0 Å². The molecule has 0 saturated heterocycles. The summed E-state index contributed by atoms with van der Waals surface area (Å²) in [6.07, 6.45) is 0.960. The maximum absolute atomic E-state index is 12.5. The predicted molar refractivity (Wildman–Crippen MR) is 98.6 cm³/mol. The van der Waals surface area contributed by atoms with E-state index in [4.69, 9.17) is 21.1 Å². The first kappa shape index (κ1) is 17.6. The van der Waals surface area contributed by atoms with Crippen LogP contribution < -0.4 is 14.8 Å². The van der Waals surface area contributed by atoms with Crippen LogP contribution in [-0.2, 0) is 17.8 Å². The zero-order chi connectivity index (χ0) is 17.8. The first-order chi connectivity index (χ1) is 12.1. The van der Waals surface area contributed by atoms with Crippen molar-refractivity contribution in [2.24, 2.45) is 0 Å². The van der Waals surface area contributed by atoms with Gasteiger partial charge in [-0.05, 0) is 17.5 Å². The number of amides is 1. The molecule has 0 fully saturated rings. The number of halogens is 1. The van der Waals surface area contributed by atoms with Crippen molar-refractivity contribution in [1.82, 2.24) is 4.90 Å². The highest BCUT2D eigenvalue weighted by Gasteiger charge is 2.19. The summed E-state index contributed by atoms with van der Waals surface area (Å²) >= 11 is 6.09. The third kappa shape index (κ3) is 4.06. The largest absolute Gasteiger partial charge is 0.495 e. The lowest BCUT2D eigenvalue weighted by atomic mass is 10.00. The average molecular weight is 361 g/mol. The lowest BCUT2D eigenvalue weighted by Crippen LogP contribution is -2.37. The Morgan fingerprint density at radius 2 is 1.88 bits per heavy atom. The minimum absolute atomic E-state index is 0.0953. The van der Waals surface area contributed by atoms with Crippen LogP contribution in [0.2, 0.25) is 5.02 Å². The molecule has 1 aliphatic heterocycles. The molecule has 1 aliphatic rings. The Bertz CT molecular complexity index is 779. The van der Waals surface area contributed by atoms with Gasteiger partial charge >= 0.3 is 0 Å². The van der Waals surface area contributed by atoms with Crippen molar-refractivity contribution in [3.05, 3.63) is 52.5 Å². The number of fused-ring (bicyclic) bond motifs is 1. The highest BCUT2D eigenvalue weighted by molar-refractivity contribution is 6.32. The Balaban J connectivity index is 1.67. The number of benzene rings is 2. The number of nitrogens with one attached hydrogen (secondary N) is 1. The number of ether oxygens (including phenoxy) is 2. The van der Waals surface area contributed by atoms with Gasteiger partial charge in [0.15, 0.2) is 0 Å². The van der Waals surface area contributed by atoms with E-state index in [1.165, 1.54) is 25.3 Å². The molecule has 5 nitrogen and oxygen atoms in total. The lowest BCUT2D eigenvalue weighted by molar-refractivity contribution is -0.117. The monoisotopic (exact) mass is 360 g/mol. The van der Waals surface area contributed by atoms with Gasteiger partial charge in [-0.25, -0.2) is 0 Å². The fourth-order valence-electron chi connectivity index (χ4n) is 3.04. The molecule has 2 aromatic carbocycles. The van der Waals surface area contributed by atoms with Gasteiger partial charge in [-0.3, -0.25) is 9.69 Å². The normalized spacial score (nSPS) is 13.9. The van der Waals surface area contributed by atoms with E-state index in [0.29, 0.717) is 28.8 Å². The number of hydrogen-bond acceptors (Lipinski definition) is 4. The summed E-state index contributed by atoms with van der Waals surface area (Å²) in [5.74, 6) is 0.898. The fraction of sp³-hybridized carbons (Fsp3) is 0.316. The summed E-state index contributed by atoms with van der Waals surface area (Å²) in [5.41, 5.74) is 3.20. The van der Waals surface area contributed by atoms with Crippen molar-refractivity contribution in [2.45, 2.75) is 13.0 Å². The molecule has 0 radical (unpaired) electrons. The average Bonchev–Trinajstić information content (AvgIpc) is 2.62. The van der Waals surface area contributed by atoms with Crippen LogP contribution in [0.1, 0.15) is 11.1 Å². The van der Waals surface area contributed by atoms with Gasteiger partial charge in [-0.2, -0.15) is 0 Å². The molecule has 0 aromatic heterocycles. The Morgan fingerprint density at radius 1 is 1.16 bits per heavy atom. The number of anilines is 1. The number of rotatable bonds is 5. The van der Waals surface area contributed by atoms with E-state index in [-0.39, 0.29) is 5.91 Å². The quantitative estimate of drug-likeness (QED) is 0.888. The van der Waals surface area contributed by atoms with Gasteiger partial charge in [0, 0.05) is 25.2 Å². The van der Waals surface area contributed by atoms with Gasteiger partial charge in [0.1, 0.15) is 11.5 Å². The number of carbonyl (C=O) groups is 1. The van der Waals surface area contributed by atoms with Crippen molar-refractivity contribution >= 4 is 23.2 Å². The van der Waals surface area contributed by atoms with E-state index in [1.54, 1.807) is 12.1 Å². The molecule has 0 aliphatic carbocycles. The molecule has 0 spiro atoms. The van der Waals surface area contributed by atoms with Crippen LogP contribution in [0.5, 0.6) is 11.5 Å². The molecular formula is C19H21ClN2O3. The summed E-state index contributed by atoms with van der Waals surface area (Å²) in [7, 11) is 3.07. The number of carbonyl (C=O) groups excluding carboxylic acids is 1. The molecule has 132 valence electrons. The standard InChI is InChI=1S/C19H21ClN2O3/c1-24-17-10-16(18(25-2)9-15(17)20)21-19(23)12-22-8-7-13-5-3-4-6-14(13)11-22/h3-6,9-10H,7-8,11-12H2,1-2H3,(H,21,23). The van der Waals surface area contributed by atoms with Crippen LogP contribution in [0.15, 0.2) is 36.4 Å². The number of nitrogens with zero attached hydrogens (tertiary/aromatic N) is 1. The number of methoxy groups -OCH3 is 2. The fourth-order valence-corrected chi connectivity index (χ4v) is 3.27. The summed E-state index contributed by atoms with van der Waals surface area (Å²) in [6.45, 7) is 1.97. The van der Waals surface area contributed by atoms with Crippen molar-refractivity contribution in [3.63, 3.8) is 0 Å². The summed E-state index contributed by atoms with van der Waals surface area (Å²) < 4.78 is 10.5. The van der Waals surface area contributed by atoms with Crippen molar-refractivity contribution in [3.8, 4) is 11.5 Å². The second kappa shape index (κ2) is 7.76. The van der Waals surface area contributed by atoms with Gasteiger partial charge in [0.25, 0.3) is 0 Å². The molecule has 1 heterocycles. The van der Waals surface area contributed by atoms with E-state index >= 15 is 0 Å². The van der Waals surface area contributed by atoms with Crippen LogP contribution in [0.4, 0.5) is 5.69 Å². The maximum atomic E-state index is 12.5. The van der Waals surface area contributed by atoms with Crippen molar-refractivity contribution in [1.29, 1.82) is 0 Å². The Hall–Kier alpha value is -2.24. The van der Waals surface area contributed by atoms with Gasteiger partial charge in [0.2, 0.25) is 5.91 Å². The minimum atomic E-state index is -0.0953. The molecular weight excluding hydrogens is 340 g/mol. The lowest BCUT2D eigenvalue weighted by Gasteiger charge is -2.28. The van der Waals surface area contributed by atoms with Crippen LogP contribution in [0, 0.1) is 0 Å². The third-order valence-corrected chi connectivity index (χ3v) is 4.62. The minimum Gasteiger partial charge on any atom is -0.495 e. The summed E-state index contributed by atoms with van der Waals surface area (Å²) in [5, 5.41) is 3.33. The second-order valence-corrected chi connectivity index (χ2v) is 6.37. The third-order valence-electron chi connectivity index (χ3n) is 4.32. The van der Waals surface area contributed by atoms with Gasteiger partial charge in [-0.1, -0.05) is 35.9 Å². The Labute approximate surface area is 152 Å². The molecule has 6 heteroatoms. The Kier molecular flexibility index (Phi) is 5.46. The van der Waals surface area contributed by atoms with E-state index in [9.17, 15) is 4.79 Å². The molecule has 1 amide bonds. The molecule has 2 aromatic rings. The molecule has 0 bridgehead atoms. The van der Waals surface area contributed by atoms with E-state index < -0.39 is 0 Å².